The van der Waals surface area contributed by atoms with E-state index in [0.717, 1.165) is 46.5 Å². The molecule has 0 fully saturated rings. The molecule has 0 saturated carbocycles. The highest BCUT2D eigenvalue weighted by Gasteiger charge is 2.27. The molecule has 1 N–H and O–H groups in total. The van der Waals surface area contributed by atoms with Crippen molar-refractivity contribution in [1.82, 2.24) is 30.1 Å². The van der Waals surface area contributed by atoms with Gasteiger partial charge in [-0.2, -0.15) is 0 Å². The zero-order valence-electron chi connectivity index (χ0n) is 19.8. The van der Waals surface area contributed by atoms with Gasteiger partial charge in [-0.1, -0.05) is 31.0 Å². The summed E-state index contributed by atoms with van der Waals surface area (Å²) < 4.78 is 7.34. The van der Waals surface area contributed by atoms with Gasteiger partial charge in [0.25, 0.3) is 5.56 Å². The van der Waals surface area contributed by atoms with E-state index in [1.165, 1.54) is 4.88 Å². The Balaban J connectivity index is 1.53. The number of fused-ring (bicyclic) bond motifs is 1. The first-order valence-electron chi connectivity index (χ1n) is 11.8. The lowest BCUT2D eigenvalue weighted by atomic mass is 10.1. The number of aryl methyl sites for hydroxylation is 1. The Morgan fingerprint density at radius 1 is 1.17 bits per heavy atom. The summed E-state index contributed by atoms with van der Waals surface area (Å²) in [6.07, 6.45) is 3.46. The van der Waals surface area contributed by atoms with E-state index in [-0.39, 0.29) is 11.6 Å². The van der Waals surface area contributed by atoms with Crippen LogP contribution >= 0.6 is 11.3 Å². The summed E-state index contributed by atoms with van der Waals surface area (Å²) >= 11 is 1.71. The molecular weight excluding hydrogens is 460 g/mol. The fraction of sp³-hybridized carbons (Fsp3) is 0.308. The third-order valence-corrected chi connectivity index (χ3v) is 7.00. The van der Waals surface area contributed by atoms with Gasteiger partial charge in [0.1, 0.15) is 12.3 Å². The number of hydrogen-bond donors (Lipinski definition) is 1. The van der Waals surface area contributed by atoms with E-state index < -0.39 is 0 Å². The smallest absolute Gasteiger partial charge is 0.252 e. The van der Waals surface area contributed by atoms with Crippen LogP contribution in [0.4, 0.5) is 0 Å². The number of tetrazole rings is 1. The number of nitrogens with one attached hydrogen (secondary N) is 1. The largest absolute Gasteiger partial charge is 0.467 e. The first-order valence-corrected chi connectivity index (χ1v) is 12.7. The van der Waals surface area contributed by atoms with Gasteiger partial charge in [0.05, 0.1) is 12.3 Å². The average Bonchev–Trinajstić information content (AvgIpc) is 3.62. The molecule has 1 atom stereocenters. The van der Waals surface area contributed by atoms with Crippen molar-refractivity contribution in [3.63, 3.8) is 0 Å². The Bertz CT molecular complexity index is 1440. The van der Waals surface area contributed by atoms with Crippen molar-refractivity contribution < 1.29 is 4.42 Å². The maximum atomic E-state index is 13.1. The Labute approximate surface area is 207 Å². The number of rotatable bonds is 10. The van der Waals surface area contributed by atoms with E-state index in [2.05, 4.69) is 62.8 Å². The molecule has 0 aliphatic carbocycles. The van der Waals surface area contributed by atoms with Crippen molar-refractivity contribution in [2.24, 2.45) is 0 Å². The summed E-state index contributed by atoms with van der Waals surface area (Å²) in [6.45, 7) is 5.85. The molecule has 0 spiro atoms. The number of H-pyrrole nitrogens is 1. The van der Waals surface area contributed by atoms with Crippen LogP contribution in [0.25, 0.3) is 10.9 Å². The molecule has 5 aromatic rings. The van der Waals surface area contributed by atoms with E-state index in [9.17, 15) is 4.79 Å². The van der Waals surface area contributed by atoms with Crippen LogP contribution < -0.4 is 5.56 Å². The van der Waals surface area contributed by atoms with Gasteiger partial charge in [0.2, 0.25) is 0 Å². The summed E-state index contributed by atoms with van der Waals surface area (Å²) in [6, 6.07) is 16.0. The maximum Gasteiger partial charge on any atom is 0.252 e. The van der Waals surface area contributed by atoms with Gasteiger partial charge < -0.3 is 9.40 Å². The molecule has 180 valence electrons. The normalized spacial score (nSPS) is 12.5. The van der Waals surface area contributed by atoms with Crippen molar-refractivity contribution in [3.05, 3.63) is 98.1 Å². The van der Waals surface area contributed by atoms with Crippen LogP contribution in [-0.2, 0) is 19.6 Å². The average molecular weight is 489 g/mol. The van der Waals surface area contributed by atoms with Gasteiger partial charge in [0, 0.05) is 29.0 Å². The van der Waals surface area contributed by atoms with E-state index in [1.807, 2.05) is 30.3 Å². The summed E-state index contributed by atoms with van der Waals surface area (Å²) in [4.78, 5) is 19.7. The number of aromatic amines is 1. The summed E-state index contributed by atoms with van der Waals surface area (Å²) in [5, 5.41) is 15.8. The number of nitrogens with zero attached hydrogens (tertiary/aromatic N) is 5. The predicted octanol–water partition coefficient (Wildman–Crippen LogP) is 5.07. The molecule has 4 aromatic heterocycles. The lowest BCUT2D eigenvalue weighted by Gasteiger charge is -2.30. The van der Waals surface area contributed by atoms with Crippen LogP contribution in [0.5, 0.6) is 0 Å². The molecule has 0 aliphatic heterocycles. The topological polar surface area (TPSA) is 92.8 Å². The fourth-order valence-corrected chi connectivity index (χ4v) is 5.18. The third-order valence-electron chi connectivity index (χ3n) is 6.14. The van der Waals surface area contributed by atoms with Crippen molar-refractivity contribution in [1.29, 1.82) is 0 Å². The molecule has 35 heavy (non-hydrogen) atoms. The number of furan rings is 1. The maximum absolute atomic E-state index is 13.1. The number of hydrogen-bond acceptors (Lipinski definition) is 7. The van der Waals surface area contributed by atoms with Crippen LogP contribution in [0.15, 0.2) is 69.4 Å². The molecule has 4 heterocycles. The lowest BCUT2D eigenvalue weighted by Crippen LogP contribution is -2.32. The monoisotopic (exact) mass is 488 g/mol. The highest BCUT2D eigenvalue weighted by atomic mass is 32.1. The van der Waals surface area contributed by atoms with Crippen LogP contribution in [0.2, 0.25) is 0 Å². The molecule has 0 radical (unpaired) electrons. The second-order valence-electron chi connectivity index (χ2n) is 8.78. The van der Waals surface area contributed by atoms with E-state index in [0.29, 0.717) is 19.6 Å². The second kappa shape index (κ2) is 10.4. The van der Waals surface area contributed by atoms with Gasteiger partial charge in [0.15, 0.2) is 5.82 Å². The molecule has 0 bridgehead atoms. The minimum absolute atomic E-state index is 0.0667. The molecule has 8 nitrogen and oxygen atoms in total. The first-order chi connectivity index (χ1) is 17.1. The van der Waals surface area contributed by atoms with E-state index >= 15 is 0 Å². The molecule has 0 aliphatic rings. The van der Waals surface area contributed by atoms with Crippen LogP contribution in [0.1, 0.15) is 53.4 Å². The SMILES string of the molecule is CCC[C@@H](c1nnnn1Cc1ccco1)N(Cc1cccs1)Cc1cc2cc(C)ccc2[nH]c1=O. The van der Waals surface area contributed by atoms with Gasteiger partial charge in [-0.3, -0.25) is 9.69 Å². The minimum atomic E-state index is -0.0698. The molecule has 1 aromatic carbocycles. The summed E-state index contributed by atoms with van der Waals surface area (Å²) in [7, 11) is 0. The highest BCUT2D eigenvalue weighted by molar-refractivity contribution is 7.09. The molecule has 9 heteroatoms. The lowest BCUT2D eigenvalue weighted by molar-refractivity contribution is 0.157. The number of benzene rings is 1. The molecule has 0 saturated heterocycles. The predicted molar refractivity (Wildman–Crippen MR) is 136 cm³/mol. The first kappa shape index (κ1) is 23.2. The van der Waals surface area contributed by atoms with Crippen molar-refractivity contribution >= 4 is 22.2 Å². The van der Waals surface area contributed by atoms with Gasteiger partial charge in [-0.25, -0.2) is 4.68 Å². The number of aromatic nitrogens is 5. The van der Waals surface area contributed by atoms with Crippen molar-refractivity contribution in [2.45, 2.75) is 52.4 Å². The molecule has 5 rings (SSSR count). The highest BCUT2D eigenvalue weighted by Crippen LogP contribution is 2.29. The number of thiophene rings is 1. The quantitative estimate of drug-likeness (QED) is 0.295. The molecular formula is C26H28N6O2S. The Kier molecular flexibility index (Phi) is 6.87. The molecule has 0 unspecified atom stereocenters. The summed E-state index contributed by atoms with van der Waals surface area (Å²) in [5.74, 6) is 1.56. The van der Waals surface area contributed by atoms with Crippen LogP contribution in [0.3, 0.4) is 0 Å². The standard InChI is InChI=1S/C26H28N6O2S/c1-3-6-24(25-28-29-30-32(25)16-21-7-4-11-34-21)31(17-22-8-5-12-35-22)15-20-14-19-13-18(2)9-10-23(19)27-26(20)33/h4-5,7-14,24H,3,6,15-17H2,1-2H3,(H,27,33)/t24-/m0/s1. The van der Waals surface area contributed by atoms with Gasteiger partial charge in [-0.15, -0.1) is 16.4 Å². The second-order valence-corrected chi connectivity index (χ2v) is 9.81. The zero-order chi connectivity index (χ0) is 24.2. The Morgan fingerprint density at radius 3 is 2.86 bits per heavy atom. The fourth-order valence-electron chi connectivity index (χ4n) is 4.45. The minimum Gasteiger partial charge on any atom is -0.467 e. The van der Waals surface area contributed by atoms with Crippen LogP contribution in [0, 0.1) is 6.92 Å². The van der Waals surface area contributed by atoms with E-state index in [1.54, 1.807) is 22.3 Å². The Morgan fingerprint density at radius 2 is 2.09 bits per heavy atom. The van der Waals surface area contributed by atoms with E-state index in [4.69, 9.17) is 4.42 Å². The van der Waals surface area contributed by atoms with Crippen molar-refractivity contribution in [2.75, 3.05) is 0 Å². The van der Waals surface area contributed by atoms with Gasteiger partial charge in [-0.05, 0) is 70.9 Å². The van der Waals surface area contributed by atoms with Crippen molar-refractivity contribution in [3.8, 4) is 0 Å². The van der Waals surface area contributed by atoms with Crippen LogP contribution in [-0.4, -0.2) is 30.1 Å². The van der Waals surface area contributed by atoms with Gasteiger partial charge >= 0.3 is 0 Å². The molecule has 0 amide bonds. The summed E-state index contributed by atoms with van der Waals surface area (Å²) in [5.41, 5.74) is 2.67. The number of pyridine rings is 1. The Hall–Kier alpha value is -3.56. The zero-order valence-corrected chi connectivity index (χ0v) is 20.7. The third kappa shape index (κ3) is 5.26.